The zero-order valence-electron chi connectivity index (χ0n) is 12.7. The zero-order chi connectivity index (χ0) is 14.6. The van der Waals surface area contributed by atoms with E-state index in [1.54, 1.807) is 23.9 Å². The summed E-state index contributed by atoms with van der Waals surface area (Å²) in [7, 11) is 3.45. The van der Waals surface area contributed by atoms with Gasteiger partial charge in [-0.2, -0.15) is 0 Å². The highest BCUT2D eigenvalue weighted by Crippen LogP contribution is 2.21. The molecule has 1 atom stereocenters. The van der Waals surface area contributed by atoms with Crippen LogP contribution in [0.4, 0.5) is 4.79 Å². The van der Waals surface area contributed by atoms with E-state index >= 15 is 0 Å². The van der Waals surface area contributed by atoms with Crippen LogP contribution in [-0.2, 0) is 9.53 Å². The van der Waals surface area contributed by atoms with Crippen molar-refractivity contribution in [3.63, 3.8) is 0 Å². The third-order valence-corrected chi connectivity index (χ3v) is 3.11. The Kier molecular flexibility index (Phi) is 5.20. The summed E-state index contributed by atoms with van der Waals surface area (Å²) in [5.41, 5.74) is -0.533. The topological polar surface area (TPSA) is 49.9 Å². The van der Waals surface area contributed by atoms with Crippen LogP contribution in [0.15, 0.2) is 0 Å². The lowest BCUT2D eigenvalue weighted by molar-refractivity contribution is -0.134. The summed E-state index contributed by atoms with van der Waals surface area (Å²) in [6, 6.07) is -0.382. The highest BCUT2D eigenvalue weighted by Gasteiger charge is 2.34. The van der Waals surface area contributed by atoms with Crippen molar-refractivity contribution in [2.75, 3.05) is 20.6 Å². The summed E-state index contributed by atoms with van der Waals surface area (Å²) >= 11 is 0. The van der Waals surface area contributed by atoms with Crippen molar-refractivity contribution in [1.29, 1.82) is 0 Å². The molecule has 5 heteroatoms. The molecule has 0 aromatic heterocycles. The predicted octanol–water partition coefficient (Wildman–Crippen LogP) is 2.25. The van der Waals surface area contributed by atoms with Crippen LogP contribution in [0.25, 0.3) is 0 Å². The van der Waals surface area contributed by atoms with Gasteiger partial charge < -0.3 is 9.64 Å². The van der Waals surface area contributed by atoms with Gasteiger partial charge in [-0.3, -0.25) is 9.69 Å². The Morgan fingerprint density at radius 2 is 1.79 bits per heavy atom. The molecule has 0 aliphatic carbocycles. The molecule has 110 valence electrons. The van der Waals surface area contributed by atoms with E-state index in [2.05, 4.69) is 0 Å². The maximum atomic E-state index is 12.2. The number of ether oxygens (including phenoxy) is 1. The molecule has 5 nitrogen and oxygen atoms in total. The van der Waals surface area contributed by atoms with Crippen LogP contribution in [0.2, 0.25) is 0 Å². The minimum atomic E-state index is -0.533. The number of carbonyl (C=O) groups is 2. The van der Waals surface area contributed by atoms with Crippen molar-refractivity contribution < 1.29 is 14.3 Å². The van der Waals surface area contributed by atoms with Crippen LogP contribution < -0.4 is 0 Å². The molecule has 0 aromatic rings. The van der Waals surface area contributed by atoms with Crippen molar-refractivity contribution >= 4 is 12.0 Å². The molecule has 0 bridgehead atoms. The molecule has 0 N–H and O–H groups in total. The predicted molar refractivity (Wildman–Crippen MR) is 73.9 cm³/mol. The highest BCUT2D eigenvalue weighted by molar-refractivity contribution is 5.85. The molecule has 2 amide bonds. The number of nitrogens with zero attached hydrogens (tertiary/aromatic N) is 2. The van der Waals surface area contributed by atoms with Crippen molar-refractivity contribution in [3.05, 3.63) is 0 Å². The Labute approximate surface area is 115 Å². The normalized spacial score (nSPS) is 20.7. The standard InChI is InChI=1S/C14H26N2O3/c1-14(2,3)19-13(18)16-10-8-6-7-9-11(16)12(17)15(4)5/h11H,6-10H2,1-5H3. The van der Waals surface area contributed by atoms with E-state index in [4.69, 9.17) is 4.74 Å². The molecule has 1 unspecified atom stereocenters. The van der Waals surface area contributed by atoms with Gasteiger partial charge in [0.15, 0.2) is 0 Å². The van der Waals surface area contributed by atoms with E-state index in [-0.39, 0.29) is 18.0 Å². The maximum absolute atomic E-state index is 12.2. The van der Waals surface area contributed by atoms with Crippen LogP contribution in [0.1, 0.15) is 46.5 Å². The lowest BCUT2D eigenvalue weighted by atomic mass is 10.1. The van der Waals surface area contributed by atoms with Crippen molar-refractivity contribution in [2.45, 2.75) is 58.1 Å². The van der Waals surface area contributed by atoms with Crippen LogP contribution in [0.5, 0.6) is 0 Å². The zero-order valence-corrected chi connectivity index (χ0v) is 12.7. The molecule has 0 spiro atoms. The molecule has 19 heavy (non-hydrogen) atoms. The largest absolute Gasteiger partial charge is 0.444 e. The second-order valence-electron chi connectivity index (χ2n) is 6.27. The van der Waals surface area contributed by atoms with Gasteiger partial charge >= 0.3 is 6.09 Å². The molecular formula is C14H26N2O3. The summed E-state index contributed by atoms with van der Waals surface area (Å²) in [6.45, 7) is 6.11. The van der Waals surface area contributed by atoms with Crippen LogP contribution >= 0.6 is 0 Å². The number of carbonyl (C=O) groups excluding carboxylic acids is 2. The number of rotatable bonds is 1. The smallest absolute Gasteiger partial charge is 0.410 e. The Bertz CT molecular complexity index is 334. The lowest BCUT2D eigenvalue weighted by Gasteiger charge is -2.32. The molecule has 1 heterocycles. The average molecular weight is 270 g/mol. The van der Waals surface area contributed by atoms with Gasteiger partial charge in [0.2, 0.25) is 5.91 Å². The Morgan fingerprint density at radius 3 is 2.32 bits per heavy atom. The Hall–Kier alpha value is -1.26. The van der Waals surface area contributed by atoms with Gasteiger partial charge in [-0.05, 0) is 33.6 Å². The fraction of sp³-hybridized carbons (Fsp3) is 0.857. The average Bonchev–Trinajstić information content (AvgIpc) is 2.50. The molecule has 1 aliphatic heterocycles. The molecule has 1 rings (SSSR count). The van der Waals surface area contributed by atoms with Gasteiger partial charge in [0.25, 0.3) is 0 Å². The lowest BCUT2D eigenvalue weighted by Crippen LogP contribution is -2.50. The first-order chi connectivity index (χ1) is 8.72. The minimum absolute atomic E-state index is 0.0206. The van der Waals surface area contributed by atoms with Gasteiger partial charge in [0.1, 0.15) is 11.6 Å². The van der Waals surface area contributed by atoms with E-state index in [9.17, 15) is 9.59 Å². The quantitative estimate of drug-likeness (QED) is 0.734. The number of likely N-dealkylation sites (N-methyl/N-ethyl adjacent to an activating group) is 1. The minimum Gasteiger partial charge on any atom is -0.444 e. The third-order valence-electron chi connectivity index (χ3n) is 3.11. The van der Waals surface area contributed by atoms with E-state index in [0.717, 1.165) is 25.7 Å². The molecule has 1 aliphatic rings. The van der Waals surface area contributed by atoms with E-state index < -0.39 is 5.60 Å². The van der Waals surface area contributed by atoms with Gasteiger partial charge in [-0.1, -0.05) is 12.8 Å². The highest BCUT2D eigenvalue weighted by atomic mass is 16.6. The first-order valence-electron chi connectivity index (χ1n) is 6.93. The van der Waals surface area contributed by atoms with E-state index in [0.29, 0.717) is 6.54 Å². The molecular weight excluding hydrogens is 244 g/mol. The summed E-state index contributed by atoms with van der Waals surface area (Å²) in [5, 5.41) is 0. The van der Waals surface area contributed by atoms with Gasteiger partial charge in [0.05, 0.1) is 0 Å². The summed E-state index contributed by atoms with van der Waals surface area (Å²) in [6.07, 6.45) is 3.29. The van der Waals surface area contributed by atoms with Crippen LogP contribution in [0.3, 0.4) is 0 Å². The Morgan fingerprint density at radius 1 is 1.16 bits per heavy atom. The first-order valence-corrected chi connectivity index (χ1v) is 6.93. The van der Waals surface area contributed by atoms with Crippen molar-refractivity contribution in [1.82, 2.24) is 9.80 Å². The van der Waals surface area contributed by atoms with E-state index in [1.165, 1.54) is 0 Å². The van der Waals surface area contributed by atoms with Gasteiger partial charge in [0, 0.05) is 20.6 Å². The van der Waals surface area contributed by atoms with Crippen molar-refractivity contribution in [2.24, 2.45) is 0 Å². The van der Waals surface area contributed by atoms with Crippen LogP contribution in [0, 0.1) is 0 Å². The number of hydrogen-bond donors (Lipinski definition) is 0. The fourth-order valence-electron chi connectivity index (χ4n) is 2.20. The number of hydrogen-bond acceptors (Lipinski definition) is 3. The second-order valence-corrected chi connectivity index (χ2v) is 6.27. The number of likely N-dealkylation sites (tertiary alicyclic amines) is 1. The molecule has 1 saturated heterocycles. The molecule has 0 saturated carbocycles. The van der Waals surface area contributed by atoms with Crippen LogP contribution in [-0.4, -0.2) is 54.1 Å². The van der Waals surface area contributed by atoms with E-state index in [1.807, 2.05) is 20.8 Å². The third kappa shape index (κ3) is 4.73. The molecule has 0 radical (unpaired) electrons. The maximum Gasteiger partial charge on any atom is 0.410 e. The number of amides is 2. The fourth-order valence-corrected chi connectivity index (χ4v) is 2.20. The monoisotopic (exact) mass is 270 g/mol. The molecule has 0 aromatic carbocycles. The Balaban J connectivity index is 2.84. The summed E-state index contributed by atoms with van der Waals surface area (Å²) in [4.78, 5) is 27.6. The second kappa shape index (κ2) is 6.26. The first kappa shape index (κ1) is 15.8. The molecule has 1 fully saturated rings. The SMILES string of the molecule is CN(C)C(=O)C1CCCCCN1C(=O)OC(C)(C)C. The van der Waals surface area contributed by atoms with Crippen molar-refractivity contribution in [3.8, 4) is 0 Å². The van der Waals surface area contributed by atoms with Gasteiger partial charge in [-0.15, -0.1) is 0 Å². The summed E-state index contributed by atoms with van der Waals surface area (Å²) < 4.78 is 5.41. The summed E-state index contributed by atoms with van der Waals surface area (Å²) in [5.74, 6) is -0.0206. The van der Waals surface area contributed by atoms with Gasteiger partial charge in [-0.25, -0.2) is 4.79 Å².